The fourth-order valence-electron chi connectivity index (χ4n) is 3.66. The molecule has 1 heterocycles. The van der Waals surface area contributed by atoms with Crippen LogP contribution in [0.25, 0.3) is 0 Å². The second kappa shape index (κ2) is 12.9. The first-order chi connectivity index (χ1) is 15.8. The summed E-state index contributed by atoms with van der Waals surface area (Å²) in [5.41, 5.74) is 2.36. The lowest BCUT2D eigenvalue weighted by Gasteiger charge is -2.14. The van der Waals surface area contributed by atoms with Crippen molar-refractivity contribution >= 4 is 17.3 Å². The number of esters is 1. The van der Waals surface area contributed by atoms with Crippen LogP contribution in [0.15, 0.2) is 39.3 Å². The molecule has 0 amide bonds. The first-order valence-electron chi connectivity index (χ1n) is 11.9. The van der Waals surface area contributed by atoms with E-state index in [0.717, 1.165) is 44.1 Å². The van der Waals surface area contributed by atoms with Gasteiger partial charge >= 0.3 is 5.97 Å². The van der Waals surface area contributed by atoms with E-state index in [-0.39, 0.29) is 17.4 Å². The normalized spacial score (nSPS) is 12.3. The van der Waals surface area contributed by atoms with Gasteiger partial charge in [-0.3, -0.25) is 9.36 Å². The van der Waals surface area contributed by atoms with Gasteiger partial charge in [-0.2, -0.15) is 5.11 Å². The lowest BCUT2D eigenvalue weighted by Crippen LogP contribution is -2.21. The number of hydrogen-bond donors (Lipinski definition) is 1. The van der Waals surface area contributed by atoms with Crippen LogP contribution < -0.4 is 5.56 Å². The number of unbranched alkanes of at least 4 members (excludes halogenated alkanes) is 2. The highest BCUT2D eigenvalue weighted by Crippen LogP contribution is 2.33. The van der Waals surface area contributed by atoms with Gasteiger partial charge in [0.2, 0.25) is 5.88 Å². The molecule has 0 fully saturated rings. The lowest BCUT2D eigenvalue weighted by atomic mass is 10.0. The number of carbonyl (C=O) groups excluding carboxylic acids is 1. The second-order valence-electron chi connectivity index (χ2n) is 8.51. The molecular formula is C26H37N3O4. The molecule has 0 spiro atoms. The first-order valence-corrected chi connectivity index (χ1v) is 11.9. The highest BCUT2D eigenvalue weighted by molar-refractivity contribution is 5.89. The largest absolute Gasteiger partial charge is 0.493 e. The lowest BCUT2D eigenvalue weighted by molar-refractivity contribution is 0.0428. The summed E-state index contributed by atoms with van der Waals surface area (Å²) in [5.74, 6) is -0.155. The molecule has 1 atom stereocenters. The van der Waals surface area contributed by atoms with E-state index >= 15 is 0 Å². The molecule has 0 aliphatic rings. The molecule has 0 radical (unpaired) electrons. The van der Waals surface area contributed by atoms with Crippen molar-refractivity contribution in [3.63, 3.8) is 0 Å². The van der Waals surface area contributed by atoms with Crippen LogP contribution in [0.1, 0.15) is 80.8 Å². The molecule has 2 aromatic rings. The van der Waals surface area contributed by atoms with E-state index in [2.05, 4.69) is 31.0 Å². The van der Waals surface area contributed by atoms with Crippen LogP contribution in [0.2, 0.25) is 0 Å². The predicted octanol–water partition coefficient (Wildman–Crippen LogP) is 6.53. The number of aromatic hydroxyl groups is 1. The Labute approximate surface area is 196 Å². The van der Waals surface area contributed by atoms with Crippen molar-refractivity contribution in [2.45, 2.75) is 72.6 Å². The zero-order valence-electron chi connectivity index (χ0n) is 20.6. The van der Waals surface area contributed by atoms with Gasteiger partial charge in [-0.05, 0) is 61.9 Å². The Morgan fingerprint density at radius 3 is 2.36 bits per heavy atom. The average molecular weight is 456 g/mol. The maximum Gasteiger partial charge on any atom is 0.338 e. The first kappa shape index (κ1) is 26.3. The van der Waals surface area contributed by atoms with E-state index in [1.165, 1.54) is 11.6 Å². The van der Waals surface area contributed by atoms with E-state index in [4.69, 9.17) is 4.74 Å². The Morgan fingerprint density at radius 1 is 1.09 bits per heavy atom. The van der Waals surface area contributed by atoms with Gasteiger partial charge < -0.3 is 9.84 Å². The van der Waals surface area contributed by atoms with Crippen molar-refractivity contribution in [3.05, 3.63) is 51.3 Å². The fourth-order valence-corrected chi connectivity index (χ4v) is 3.66. The van der Waals surface area contributed by atoms with Crippen molar-refractivity contribution in [1.29, 1.82) is 0 Å². The number of pyridine rings is 1. The SMILES string of the molecule is CCCCc1c(/N=N/c2ccc(C(=O)OCC(CC)CCCC)cc2)c(O)n(C)c(=O)c1C. The Hall–Kier alpha value is -2.96. The smallest absolute Gasteiger partial charge is 0.338 e. The van der Waals surface area contributed by atoms with Crippen molar-refractivity contribution in [2.75, 3.05) is 6.61 Å². The van der Waals surface area contributed by atoms with Crippen LogP contribution in [0.5, 0.6) is 5.88 Å². The monoisotopic (exact) mass is 455 g/mol. The number of rotatable bonds is 12. The molecule has 2 rings (SSSR count). The summed E-state index contributed by atoms with van der Waals surface area (Å²) in [5, 5.41) is 19.0. The highest BCUT2D eigenvalue weighted by Gasteiger charge is 2.17. The zero-order valence-corrected chi connectivity index (χ0v) is 20.6. The predicted molar refractivity (Wildman–Crippen MR) is 131 cm³/mol. The molecular weight excluding hydrogens is 418 g/mol. The second-order valence-corrected chi connectivity index (χ2v) is 8.51. The Morgan fingerprint density at radius 2 is 1.76 bits per heavy atom. The summed E-state index contributed by atoms with van der Waals surface area (Å²) >= 11 is 0. The van der Waals surface area contributed by atoms with Gasteiger partial charge in [-0.25, -0.2) is 4.79 Å². The third kappa shape index (κ3) is 7.01. The molecule has 1 aromatic heterocycles. The summed E-state index contributed by atoms with van der Waals surface area (Å²) in [6.07, 6.45) is 6.81. The Balaban J connectivity index is 2.16. The summed E-state index contributed by atoms with van der Waals surface area (Å²) in [6.45, 7) is 8.52. The number of ether oxygens (including phenoxy) is 1. The van der Waals surface area contributed by atoms with E-state index in [1.807, 2.05) is 0 Å². The van der Waals surface area contributed by atoms with Gasteiger partial charge in [0, 0.05) is 12.6 Å². The molecule has 1 unspecified atom stereocenters. The van der Waals surface area contributed by atoms with Gasteiger partial charge in [-0.15, -0.1) is 5.11 Å². The van der Waals surface area contributed by atoms with Crippen molar-refractivity contribution in [1.82, 2.24) is 4.57 Å². The van der Waals surface area contributed by atoms with Crippen LogP contribution in [-0.4, -0.2) is 22.2 Å². The van der Waals surface area contributed by atoms with Crippen LogP contribution in [0, 0.1) is 12.8 Å². The Bertz CT molecular complexity index is 1010. The molecule has 7 heteroatoms. The van der Waals surface area contributed by atoms with Crippen molar-refractivity contribution in [3.8, 4) is 5.88 Å². The quantitative estimate of drug-likeness (QED) is 0.291. The van der Waals surface area contributed by atoms with Gasteiger partial charge in [0.05, 0.1) is 17.9 Å². The summed E-state index contributed by atoms with van der Waals surface area (Å²) in [6, 6.07) is 6.69. The standard InChI is InChI=1S/C26H37N3O4/c1-6-9-11-19(8-3)17-33-26(32)20-13-15-21(16-14-20)27-28-23-22(12-10-7-2)18(4)24(30)29(5)25(23)31/h13-16,19,31H,6-12,17H2,1-5H3/b28-27+. The average Bonchev–Trinajstić information content (AvgIpc) is 2.83. The number of nitrogens with zero attached hydrogens (tertiary/aromatic N) is 3. The van der Waals surface area contributed by atoms with Crippen molar-refractivity contribution < 1.29 is 14.6 Å². The molecule has 1 aromatic carbocycles. The number of carbonyl (C=O) groups is 1. The highest BCUT2D eigenvalue weighted by atomic mass is 16.5. The molecule has 0 aliphatic heterocycles. The fraction of sp³-hybridized carbons (Fsp3) is 0.538. The molecule has 33 heavy (non-hydrogen) atoms. The third-order valence-corrected chi connectivity index (χ3v) is 6.04. The van der Waals surface area contributed by atoms with Gasteiger partial charge in [0.25, 0.3) is 5.56 Å². The van der Waals surface area contributed by atoms with Gasteiger partial charge in [0.15, 0.2) is 0 Å². The molecule has 0 saturated heterocycles. The maximum atomic E-state index is 12.4. The molecule has 7 nitrogen and oxygen atoms in total. The van der Waals surface area contributed by atoms with E-state index in [0.29, 0.717) is 41.4 Å². The van der Waals surface area contributed by atoms with Crippen LogP contribution in [0.3, 0.4) is 0 Å². The molecule has 0 saturated carbocycles. The van der Waals surface area contributed by atoms with Crippen LogP contribution in [-0.2, 0) is 18.2 Å². The topological polar surface area (TPSA) is 93.2 Å². The van der Waals surface area contributed by atoms with Crippen molar-refractivity contribution in [2.24, 2.45) is 23.2 Å². The third-order valence-electron chi connectivity index (χ3n) is 6.04. The molecule has 0 aliphatic carbocycles. The summed E-state index contributed by atoms with van der Waals surface area (Å²) < 4.78 is 6.68. The van der Waals surface area contributed by atoms with E-state index in [1.54, 1.807) is 31.2 Å². The van der Waals surface area contributed by atoms with E-state index in [9.17, 15) is 14.7 Å². The number of benzene rings is 1. The van der Waals surface area contributed by atoms with Gasteiger partial charge in [0.1, 0.15) is 5.69 Å². The van der Waals surface area contributed by atoms with Crippen LogP contribution >= 0.6 is 0 Å². The van der Waals surface area contributed by atoms with Gasteiger partial charge in [-0.1, -0.05) is 46.5 Å². The molecule has 0 bridgehead atoms. The minimum atomic E-state index is -0.346. The molecule has 180 valence electrons. The minimum Gasteiger partial charge on any atom is -0.493 e. The number of hydrogen-bond acceptors (Lipinski definition) is 6. The van der Waals surface area contributed by atoms with Crippen LogP contribution in [0.4, 0.5) is 11.4 Å². The maximum absolute atomic E-state index is 12.4. The number of aromatic nitrogens is 1. The summed E-state index contributed by atoms with van der Waals surface area (Å²) in [4.78, 5) is 24.7. The number of azo groups is 1. The summed E-state index contributed by atoms with van der Waals surface area (Å²) in [7, 11) is 1.51. The minimum absolute atomic E-state index is 0.200. The van der Waals surface area contributed by atoms with E-state index < -0.39 is 0 Å². The zero-order chi connectivity index (χ0) is 24.4. The molecule has 1 N–H and O–H groups in total. The Kier molecular flexibility index (Phi) is 10.3.